The van der Waals surface area contributed by atoms with E-state index in [1.54, 1.807) is 0 Å². The minimum absolute atomic E-state index is 0.449. The zero-order valence-corrected chi connectivity index (χ0v) is 9.83. The molecule has 2 unspecified atom stereocenters. The molecule has 1 fully saturated rings. The van der Waals surface area contributed by atoms with Gasteiger partial charge in [-0.05, 0) is 18.4 Å². The third-order valence-corrected chi connectivity index (χ3v) is 4.30. The minimum Gasteiger partial charge on any atom is -0.348 e. The summed E-state index contributed by atoms with van der Waals surface area (Å²) in [5, 5.41) is 2.01. The molecule has 2 heterocycles. The van der Waals surface area contributed by atoms with E-state index in [2.05, 4.69) is 30.1 Å². The maximum Gasteiger partial charge on any atom is 0.160 e. The number of fused-ring (bicyclic) bond motifs is 1. The number of hydrogen-bond acceptors (Lipinski definition) is 3. The molecule has 0 bridgehead atoms. The topological polar surface area (TPSA) is 15.6 Å². The predicted octanol–water partition coefficient (Wildman–Crippen LogP) is 2.44. The molecule has 0 aromatic rings. The summed E-state index contributed by atoms with van der Waals surface area (Å²) in [7, 11) is 0. The lowest BCUT2D eigenvalue weighted by atomic mass is 9.99. The Morgan fingerprint density at radius 2 is 2.33 bits per heavy atom. The van der Waals surface area contributed by atoms with Gasteiger partial charge in [-0.3, -0.25) is 4.99 Å². The second-order valence-corrected chi connectivity index (χ2v) is 5.86. The van der Waals surface area contributed by atoms with E-state index in [0.717, 1.165) is 24.6 Å². The van der Waals surface area contributed by atoms with Crippen LogP contribution in [0, 0.1) is 0 Å². The van der Waals surface area contributed by atoms with Crippen molar-refractivity contribution in [1.82, 2.24) is 4.90 Å². The van der Waals surface area contributed by atoms with Crippen LogP contribution in [0.25, 0.3) is 0 Å². The second kappa shape index (κ2) is 3.71. The summed E-state index contributed by atoms with van der Waals surface area (Å²) in [6.07, 6.45) is 9.07. The lowest BCUT2D eigenvalue weighted by Gasteiger charge is -2.16. The van der Waals surface area contributed by atoms with Gasteiger partial charge in [-0.2, -0.15) is 0 Å². The molecule has 15 heavy (non-hydrogen) atoms. The van der Waals surface area contributed by atoms with E-state index in [-0.39, 0.29) is 0 Å². The molecule has 2 atom stereocenters. The van der Waals surface area contributed by atoms with Gasteiger partial charge in [0.1, 0.15) is 0 Å². The van der Waals surface area contributed by atoms with Crippen LogP contribution in [0.4, 0.5) is 0 Å². The summed E-state index contributed by atoms with van der Waals surface area (Å²) in [6, 6.07) is 0.449. The summed E-state index contributed by atoms with van der Waals surface area (Å²) in [5.41, 5.74) is 1.52. The molecule has 3 rings (SSSR count). The molecular weight excluding hydrogens is 204 g/mol. The summed E-state index contributed by atoms with van der Waals surface area (Å²) >= 11 is 1.93. The van der Waals surface area contributed by atoms with Gasteiger partial charge in [0.15, 0.2) is 5.17 Å². The van der Waals surface area contributed by atoms with Crippen molar-refractivity contribution < 1.29 is 0 Å². The van der Waals surface area contributed by atoms with Crippen molar-refractivity contribution in [3.8, 4) is 0 Å². The van der Waals surface area contributed by atoms with Crippen LogP contribution in [0.1, 0.15) is 19.8 Å². The lowest BCUT2D eigenvalue weighted by molar-refractivity contribution is 0.453. The SMILES string of the molecule is CC1CN2CC(C3=CCC=CC3)N=C2S1. The first kappa shape index (κ1) is 9.52. The molecule has 0 aromatic heterocycles. The number of rotatable bonds is 1. The van der Waals surface area contributed by atoms with E-state index in [1.807, 2.05) is 11.8 Å². The Labute approximate surface area is 95.1 Å². The molecule has 1 saturated heterocycles. The molecule has 3 heteroatoms. The lowest BCUT2D eigenvalue weighted by Crippen LogP contribution is -2.26. The third-order valence-electron chi connectivity index (χ3n) is 3.18. The Bertz CT molecular complexity index is 357. The van der Waals surface area contributed by atoms with Gasteiger partial charge in [-0.1, -0.05) is 36.9 Å². The van der Waals surface area contributed by atoms with Crippen LogP contribution in [0.3, 0.4) is 0 Å². The zero-order valence-electron chi connectivity index (χ0n) is 9.02. The van der Waals surface area contributed by atoms with Crippen molar-refractivity contribution in [2.45, 2.75) is 31.1 Å². The molecule has 1 aliphatic carbocycles. The molecule has 0 N–H and O–H groups in total. The monoisotopic (exact) mass is 220 g/mol. The fourth-order valence-electron chi connectivity index (χ4n) is 2.42. The molecule has 0 radical (unpaired) electrons. The van der Waals surface area contributed by atoms with Crippen LogP contribution >= 0.6 is 11.8 Å². The van der Waals surface area contributed by atoms with Crippen molar-refractivity contribution in [1.29, 1.82) is 0 Å². The highest BCUT2D eigenvalue weighted by atomic mass is 32.2. The van der Waals surface area contributed by atoms with Gasteiger partial charge in [-0.25, -0.2) is 0 Å². The molecule has 3 aliphatic rings. The standard InChI is InChI=1S/C12H16N2S/c1-9-7-14-8-11(13-12(14)15-9)10-5-3-2-4-6-10/h2-3,6,9,11H,4-5,7-8H2,1H3. The first-order valence-electron chi connectivity index (χ1n) is 5.66. The van der Waals surface area contributed by atoms with Crippen molar-refractivity contribution in [2.75, 3.05) is 13.1 Å². The van der Waals surface area contributed by atoms with E-state index in [9.17, 15) is 0 Å². The van der Waals surface area contributed by atoms with Crippen molar-refractivity contribution in [2.24, 2.45) is 4.99 Å². The number of thioether (sulfide) groups is 1. The quantitative estimate of drug-likeness (QED) is 0.631. The molecule has 0 spiro atoms. The summed E-state index contributed by atoms with van der Waals surface area (Å²) < 4.78 is 0. The number of allylic oxidation sites excluding steroid dienone is 3. The van der Waals surface area contributed by atoms with E-state index < -0.39 is 0 Å². The summed E-state index contributed by atoms with van der Waals surface area (Å²) in [4.78, 5) is 7.27. The Hall–Kier alpha value is -0.700. The van der Waals surface area contributed by atoms with Crippen LogP contribution in [0.2, 0.25) is 0 Å². The average Bonchev–Trinajstić information content (AvgIpc) is 2.76. The van der Waals surface area contributed by atoms with Crippen molar-refractivity contribution in [3.05, 3.63) is 23.8 Å². The van der Waals surface area contributed by atoms with Crippen LogP contribution in [-0.4, -0.2) is 34.4 Å². The van der Waals surface area contributed by atoms with Crippen molar-refractivity contribution >= 4 is 16.9 Å². The van der Waals surface area contributed by atoms with Gasteiger partial charge in [-0.15, -0.1) is 0 Å². The summed E-state index contributed by atoms with van der Waals surface area (Å²) in [5.74, 6) is 0. The van der Waals surface area contributed by atoms with Crippen LogP contribution in [-0.2, 0) is 0 Å². The molecule has 2 nitrogen and oxygen atoms in total. The third kappa shape index (κ3) is 1.73. The Morgan fingerprint density at radius 1 is 1.40 bits per heavy atom. The van der Waals surface area contributed by atoms with Crippen LogP contribution in [0.5, 0.6) is 0 Å². The first-order chi connectivity index (χ1) is 7.33. The van der Waals surface area contributed by atoms with E-state index in [0.29, 0.717) is 6.04 Å². The molecular formula is C12H16N2S. The van der Waals surface area contributed by atoms with Gasteiger partial charge in [0.05, 0.1) is 6.04 Å². The number of nitrogens with zero attached hydrogens (tertiary/aromatic N) is 2. The first-order valence-corrected chi connectivity index (χ1v) is 6.54. The highest BCUT2D eigenvalue weighted by molar-refractivity contribution is 8.14. The highest BCUT2D eigenvalue weighted by Crippen LogP contribution is 2.33. The molecule has 2 aliphatic heterocycles. The maximum atomic E-state index is 4.83. The zero-order chi connectivity index (χ0) is 10.3. The van der Waals surface area contributed by atoms with Gasteiger partial charge >= 0.3 is 0 Å². The average molecular weight is 220 g/mol. The fraction of sp³-hybridized carbons (Fsp3) is 0.583. The van der Waals surface area contributed by atoms with Crippen LogP contribution in [0.15, 0.2) is 28.8 Å². The maximum absolute atomic E-state index is 4.83. The predicted molar refractivity (Wildman–Crippen MR) is 66.3 cm³/mol. The Balaban J connectivity index is 1.74. The number of aliphatic imine (C=N–C) groups is 1. The minimum atomic E-state index is 0.449. The Morgan fingerprint density at radius 3 is 3.07 bits per heavy atom. The van der Waals surface area contributed by atoms with E-state index in [4.69, 9.17) is 4.99 Å². The highest BCUT2D eigenvalue weighted by Gasteiger charge is 2.34. The summed E-state index contributed by atoms with van der Waals surface area (Å²) in [6.45, 7) is 4.58. The van der Waals surface area contributed by atoms with Gasteiger partial charge < -0.3 is 4.90 Å². The molecule has 0 aromatic carbocycles. The van der Waals surface area contributed by atoms with Gasteiger partial charge in [0.2, 0.25) is 0 Å². The number of hydrogen-bond donors (Lipinski definition) is 0. The largest absolute Gasteiger partial charge is 0.348 e. The molecule has 80 valence electrons. The molecule has 0 saturated carbocycles. The van der Waals surface area contributed by atoms with E-state index >= 15 is 0 Å². The second-order valence-electron chi connectivity index (χ2n) is 4.45. The fourth-order valence-corrected chi connectivity index (χ4v) is 3.52. The number of amidine groups is 1. The van der Waals surface area contributed by atoms with Crippen molar-refractivity contribution in [3.63, 3.8) is 0 Å². The van der Waals surface area contributed by atoms with Gasteiger partial charge in [0, 0.05) is 18.3 Å². The van der Waals surface area contributed by atoms with Gasteiger partial charge in [0.25, 0.3) is 0 Å². The normalized spacial score (nSPS) is 34.1. The smallest absolute Gasteiger partial charge is 0.160 e. The molecule has 0 amide bonds. The van der Waals surface area contributed by atoms with E-state index in [1.165, 1.54) is 17.3 Å². The Kier molecular flexibility index (Phi) is 2.35. The van der Waals surface area contributed by atoms with Crippen LogP contribution < -0.4 is 0 Å².